The van der Waals surface area contributed by atoms with Crippen LogP contribution in [0.25, 0.3) is 11.1 Å². The number of hydrogen-bond acceptors (Lipinski definition) is 9. The van der Waals surface area contributed by atoms with E-state index in [0.717, 1.165) is 7.11 Å². The normalized spacial score (nSPS) is 16.8. The highest BCUT2D eigenvalue weighted by Crippen LogP contribution is 2.48. The average molecular weight is 454 g/mol. The molecule has 0 amide bonds. The van der Waals surface area contributed by atoms with E-state index in [9.17, 15) is 19.8 Å². The van der Waals surface area contributed by atoms with Crippen molar-refractivity contribution in [3.63, 3.8) is 0 Å². The van der Waals surface area contributed by atoms with Gasteiger partial charge in [0.25, 0.3) is 0 Å². The highest BCUT2D eigenvalue weighted by Gasteiger charge is 2.57. The van der Waals surface area contributed by atoms with Crippen molar-refractivity contribution in [1.82, 2.24) is 9.78 Å². The number of aromatic nitrogens is 2. The minimum atomic E-state index is -2.21. The Morgan fingerprint density at radius 2 is 1.88 bits per heavy atom. The molecule has 3 rings (SSSR count). The Labute approximate surface area is 190 Å². The van der Waals surface area contributed by atoms with Crippen molar-refractivity contribution >= 4 is 29.7 Å². The summed E-state index contributed by atoms with van der Waals surface area (Å²) in [5.41, 5.74) is -2.87. The first-order valence-corrected chi connectivity index (χ1v) is 10.00. The van der Waals surface area contributed by atoms with Crippen LogP contribution >= 0.6 is 0 Å². The zero-order chi connectivity index (χ0) is 24.2. The molecular formula is C22H22N4O7. The standard InChI is InChI=1S/C22H21N4O7/c1-4-31-15(27)11-22(21(29)32-5-2)14(12-23)18(24)33-19-16(22)17(20(28)30-3)25-26(19)13-9-7-6-8-10-13/h6-10,24H,4-5,11H2,1-3H3/q-1/p+1/t22-/m1/s1. The van der Waals surface area contributed by atoms with Gasteiger partial charge < -0.3 is 24.4 Å². The predicted molar refractivity (Wildman–Crippen MR) is 116 cm³/mol. The maximum absolute atomic E-state index is 13.4. The third-order valence-electron chi connectivity index (χ3n) is 4.95. The number of ether oxygens (including phenoxy) is 4. The Balaban J connectivity index is 0.00000408. The van der Waals surface area contributed by atoms with E-state index >= 15 is 0 Å². The lowest BCUT2D eigenvalue weighted by Gasteiger charge is -2.36. The zero-order valence-electron chi connectivity index (χ0n) is 19.2. The minimum Gasteiger partial charge on any atom is -0.763 e. The monoisotopic (exact) mass is 454 g/mol. The fraction of sp³-hybridized carbons (Fsp3) is 0.318. The maximum Gasteiger partial charge on any atom is 1.00 e. The molecule has 0 saturated carbocycles. The smallest absolute Gasteiger partial charge is 0.763 e. The molecule has 2 heterocycles. The molecule has 1 aromatic heterocycles. The number of fused-ring (bicyclic) bond motifs is 1. The van der Waals surface area contributed by atoms with Crippen LogP contribution in [0.1, 0.15) is 37.7 Å². The molecule has 11 heteroatoms. The van der Waals surface area contributed by atoms with E-state index in [1.807, 2.05) is 0 Å². The molecule has 0 bridgehead atoms. The van der Waals surface area contributed by atoms with Crippen LogP contribution in [-0.2, 0) is 29.2 Å². The fourth-order valence-corrected chi connectivity index (χ4v) is 3.61. The molecule has 0 radical (unpaired) electrons. The van der Waals surface area contributed by atoms with Crippen molar-refractivity contribution in [1.29, 1.82) is 5.41 Å². The highest BCUT2D eigenvalue weighted by molar-refractivity contribution is 6.15. The fourth-order valence-electron chi connectivity index (χ4n) is 3.61. The molecular weight excluding hydrogens is 432 g/mol. The van der Waals surface area contributed by atoms with E-state index in [2.05, 4.69) is 5.10 Å². The molecule has 172 valence electrons. The van der Waals surface area contributed by atoms with Crippen LogP contribution < -0.4 is 4.74 Å². The lowest BCUT2D eigenvalue weighted by atomic mass is 9.70. The van der Waals surface area contributed by atoms with Gasteiger partial charge in [-0.05, 0) is 26.0 Å². The number of nitrogens with one attached hydrogen (secondary N) is 1. The molecule has 1 atom stereocenters. The van der Waals surface area contributed by atoms with Gasteiger partial charge in [-0.1, -0.05) is 18.2 Å². The summed E-state index contributed by atoms with van der Waals surface area (Å²) in [6.07, 6.45) is -0.716. The molecule has 11 nitrogen and oxygen atoms in total. The van der Waals surface area contributed by atoms with Gasteiger partial charge in [-0.15, -0.1) is 0 Å². The van der Waals surface area contributed by atoms with Gasteiger partial charge in [-0.3, -0.25) is 20.9 Å². The third-order valence-corrected chi connectivity index (χ3v) is 4.95. The van der Waals surface area contributed by atoms with Crippen LogP contribution in [0.15, 0.2) is 35.9 Å². The summed E-state index contributed by atoms with van der Waals surface area (Å²) < 4.78 is 21.9. The van der Waals surface area contributed by atoms with Crippen LogP contribution in [0.2, 0.25) is 0 Å². The van der Waals surface area contributed by atoms with Crippen molar-refractivity contribution in [2.75, 3.05) is 20.3 Å². The number of para-hydroxylation sites is 1. The van der Waals surface area contributed by atoms with Crippen molar-refractivity contribution in [2.24, 2.45) is 0 Å². The van der Waals surface area contributed by atoms with Gasteiger partial charge in [0.1, 0.15) is 5.41 Å². The summed E-state index contributed by atoms with van der Waals surface area (Å²) in [6.45, 7) is 3.04. The first-order chi connectivity index (χ1) is 15.8. The Hall–Kier alpha value is -4.24. The van der Waals surface area contributed by atoms with Crippen LogP contribution in [0.5, 0.6) is 5.88 Å². The van der Waals surface area contributed by atoms with Crippen LogP contribution in [0.4, 0.5) is 0 Å². The lowest BCUT2D eigenvalue weighted by Crippen LogP contribution is -2.48. The number of methoxy groups -OCH3 is 1. The molecule has 1 aliphatic rings. The van der Waals surface area contributed by atoms with Gasteiger partial charge in [0.15, 0.2) is 5.69 Å². The zero-order valence-corrected chi connectivity index (χ0v) is 18.2. The van der Waals surface area contributed by atoms with Gasteiger partial charge in [0.05, 0.1) is 43.6 Å². The molecule has 2 aromatic rings. The molecule has 33 heavy (non-hydrogen) atoms. The van der Waals surface area contributed by atoms with E-state index in [0.29, 0.717) is 5.69 Å². The quantitative estimate of drug-likeness (QED) is 0.379. The summed E-state index contributed by atoms with van der Waals surface area (Å²) in [7, 11) is 1.12. The van der Waals surface area contributed by atoms with Crippen LogP contribution in [0, 0.1) is 5.41 Å². The molecule has 0 unspecified atom stereocenters. The van der Waals surface area contributed by atoms with Gasteiger partial charge >= 0.3 is 19.3 Å². The second kappa shape index (κ2) is 9.49. The van der Waals surface area contributed by atoms with E-state index in [1.54, 1.807) is 50.0 Å². The van der Waals surface area contributed by atoms with E-state index in [4.69, 9.17) is 24.4 Å². The van der Waals surface area contributed by atoms with E-state index < -0.39 is 41.2 Å². The first-order valence-electron chi connectivity index (χ1n) is 10.00. The number of nitrogens with zero attached hydrogens (tertiary/aromatic N) is 3. The predicted octanol–water partition coefficient (Wildman–Crippen LogP) is 2.06. The van der Waals surface area contributed by atoms with Crippen molar-refractivity contribution in [3.05, 3.63) is 52.6 Å². The number of carbonyl (C=O) groups is 3. The van der Waals surface area contributed by atoms with Gasteiger partial charge in [0, 0.05) is 0 Å². The summed E-state index contributed by atoms with van der Waals surface area (Å²) in [4.78, 5) is 38.7. The van der Waals surface area contributed by atoms with Crippen LogP contribution in [-0.4, -0.2) is 59.8 Å². The van der Waals surface area contributed by atoms with E-state index in [-0.39, 0.29) is 31.8 Å². The summed E-state index contributed by atoms with van der Waals surface area (Å²) in [5.74, 6) is -1.91. The Morgan fingerprint density at radius 3 is 2.45 bits per heavy atom. The molecule has 0 aliphatic carbocycles. The van der Waals surface area contributed by atoms with Crippen LogP contribution in [0.3, 0.4) is 0 Å². The Morgan fingerprint density at radius 1 is 1.21 bits per heavy atom. The van der Waals surface area contributed by atoms with Gasteiger partial charge in [-0.25, -0.2) is 4.79 Å². The second-order valence-corrected chi connectivity index (χ2v) is 6.79. The molecule has 0 saturated heterocycles. The largest absolute Gasteiger partial charge is 1.00 e. The lowest BCUT2D eigenvalue weighted by molar-refractivity contribution is -0.155. The van der Waals surface area contributed by atoms with Gasteiger partial charge in [-0.2, -0.15) is 9.78 Å². The Bertz CT molecular complexity index is 1170. The average Bonchev–Trinajstić information content (AvgIpc) is 3.19. The third kappa shape index (κ3) is 3.90. The number of benzene rings is 1. The number of carbonyl (C=O) groups excluding carboxylic acids is 3. The molecule has 1 N–H and O–H groups in total. The molecule has 1 aliphatic heterocycles. The first kappa shape index (κ1) is 23.4. The molecule has 0 fully saturated rings. The molecule has 1 aromatic carbocycles. The SMILES string of the molecule is CCOC(=O)C[C@@]1(C(=O)OCC)C(=C=[N-])C(=N)Oc2c1c(C(=O)OC)nn2-c1ccccc1.[H+]. The Kier molecular flexibility index (Phi) is 6.74. The van der Waals surface area contributed by atoms with Crippen molar-refractivity contribution in [2.45, 2.75) is 25.7 Å². The number of hydrogen-bond donors (Lipinski definition) is 1. The number of rotatable bonds is 7. The topological polar surface area (TPSA) is 152 Å². The summed E-state index contributed by atoms with van der Waals surface area (Å²) >= 11 is 0. The second-order valence-electron chi connectivity index (χ2n) is 6.79. The van der Waals surface area contributed by atoms with Crippen molar-refractivity contribution in [3.8, 4) is 11.6 Å². The molecule has 0 spiro atoms. The number of esters is 3. The summed E-state index contributed by atoms with van der Waals surface area (Å²) in [6, 6.07) is 8.48. The summed E-state index contributed by atoms with van der Waals surface area (Å²) in [5, 5.41) is 22.5. The maximum atomic E-state index is 13.4. The van der Waals surface area contributed by atoms with Gasteiger partial charge in [0.2, 0.25) is 11.8 Å². The highest BCUT2D eigenvalue weighted by atomic mass is 16.5. The minimum absolute atomic E-state index is 0. The van der Waals surface area contributed by atoms with E-state index in [1.165, 1.54) is 4.68 Å². The van der Waals surface area contributed by atoms with Crippen molar-refractivity contribution < 1.29 is 34.8 Å².